The molecule has 2 N–H and O–H groups in total. The van der Waals surface area contributed by atoms with Crippen molar-refractivity contribution in [2.24, 2.45) is 0 Å². The number of hydrogen-bond acceptors (Lipinski definition) is 4. The van der Waals surface area contributed by atoms with Crippen LogP contribution >= 0.6 is 0 Å². The van der Waals surface area contributed by atoms with E-state index in [0.29, 0.717) is 24.7 Å². The van der Waals surface area contributed by atoms with Gasteiger partial charge in [0.25, 0.3) is 0 Å². The van der Waals surface area contributed by atoms with Crippen molar-refractivity contribution in [3.63, 3.8) is 0 Å². The van der Waals surface area contributed by atoms with Gasteiger partial charge in [0.15, 0.2) is 11.6 Å². The van der Waals surface area contributed by atoms with Crippen LogP contribution in [0.15, 0.2) is 12.1 Å². The highest BCUT2D eigenvalue weighted by Crippen LogP contribution is 2.36. The van der Waals surface area contributed by atoms with E-state index in [1.165, 1.54) is 13.2 Å². The summed E-state index contributed by atoms with van der Waals surface area (Å²) in [5.74, 6) is 0.174. The standard InChI is InChI=1S/C14H18FN3O2/c1-14(3-5-20-6-4-14)18-11-8-12(19-2)9(15)7-10(11)17-13(18)16/h7-8H,3-6H2,1-2H3,(H2,16,17). The van der Waals surface area contributed by atoms with Crippen LogP contribution in [0.4, 0.5) is 10.3 Å². The van der Waals surface area contributed by atoms with Gasteiger partial charge in [-0.15, -0.1) is 0 Å². The predicted octanol–water partition coefficient (Wildman–Crippen LogP) is 2.29. The van der Waals surface area contributed by atoms with Crippen molar-refractivity contribution < 1.29 is 13.9 Å². The number of fused-ring (bicyclic) bond motifs is 1. The molecule has 3 rings (SSSR count). The number of hydrogen-bond donors (Lipinski definition) is 1. The molecule has 5 nitrogen and oxygen atoms in total. The Hall–Kier alpha value is -1.82. The molecule has 0 amide bonds. The average Bonchev–Trinajstić information content (AvgIpc) is 2.74. The first kappa shape index (κ1) is 13.2. The Morgan fingerprint density at radius 2 is 2.10 bits per heavy atom. The largest absolute Gasteiger partial charge is 0.494 e. The summed E-state index contributed by atoms with van der Waals surface area (Å²) in [5.41, 5.74) is 7.24. The minimum absolute atomic E-state index is 0.167. The van der Waals surface area contributed by atoms with E-state index in [-0.39, 0.29) is 11.3 Å². The van der Waals surface area contributed by atoms with E-state index >= 15 is 0 Å². The third-order valence-corrected chi connectivity index (χ3v) is 4.06. The topological polar surface area (TPSA) is 62.3 Å². The Morgan fingerprint density at radius 1 is 1.40 bits per heavy atom. The molecule has 0 saturated carbocycles. The van der Waals surface area contributed by atoms with Crippen LogP contribution in [0.3, 0.4) is 0 Å². The van der Waals surface area contributed by atoms with Crippen LogP contribution in [0.5, 0.6) is 5.75 Å². The number of methoxy groups -OCH3 is 1. The molecule has 1 aliphatic rings. The number of halogens is 1. The van der Waals surface area contributed by atoms with E-state index in [0.717, 1.165) is 18.4 Å². The van der Waals surface area contributed by atoms with Gasteiger partial charge in [-0.05, 0) is 19.8 Å². The number of ether oxygens (including phenoxy) is 2. The van der Waals surface area contributed by atoms with Crippen LogP contribution in [-0.2, 0) is 10.3 Å². The third kappa shape index (κ3) is 1.91. The lowest BCUT2D eigenvalue weighted by Crippen LogP contribution is -2.37. The SMILES string of the molecule is COc1cc2c(cc1F)nc(N)n2C1(C)CCOCC1. The second kappa shape index (κ2) is 4.63. The maximum Gasteiger partial charge on any atom is 0.201 e. The molecule has 2 aromatic rings. The lowest BCUT2D eigenvalue weighted by molar-refractivity contribution is 0.0320. The average molecular weight is 279 g/mol. The zero-order valence-electron chi connectivity index (χ0n) is 11.6. The van der Waals surface area contributed by atoms with Gasteiger partial charge in [0.2, 0.25) is 5.95 Å². The van der Waals surface area contributed by atoms with Crippen LogP contribution in [-0.4, -0.2) is 29.9 Å². The van der Waals surface area contributed by atoms with Crippen LogP contribution in [0.25, 0.3) is 11.0 Å². The van der Waals surface area contributed by atoms with E-state index in [1.54, 1.807) is 6.07 Å². The quantitative estimate of drug-likeness (QED) is 0.916. The van der Waals surface area contributed by atoms with Crippen LogP contribution in [0.2, 0.25) is 0 Å². The first-order valence-electron chi connectivity index (χ1n) is 6.65. The normalized spacial score (nSPS) is 18.4. The molecule has 0 spiro atoms. The molecule has 0 unspecified atom stereocenters. The molecule has 1 saturated heterocycles. The van der Waals surface area contributed by atoms with Crippen molar-refractivity contribution in [2.75, 3.05) is 26.1 Å². The van der Waals surface area contributed by atoms with E-state index < -0.39 is 5.82 Å². The monoisotopic (exact) mass is 279 g/mol. The first-order chi connectivity index (χ1) is 9.55. The number of nitrogens with zero attached hydrogens (tertiary/aromatic N) is 2. The number of benzene rings is 1. The number of aromatic nitrogens is 2. The second-order valence-corrected chi connectivity index (χ2v) is 5.39. The Morgan fingerprint density at radius 3 is 2.75 bits per heavy atom. The van der Waals surface area contributed by atoms with E-state index in [4.69, 9.17) is 15.2 Å². The lowest BCUT2D eigenvalue weighted by Gasteiger charge is -2.36. The fourth-order valence-corrected chi connectivity index (χ4v) is 2.86. The van der Waals surface area contributed by atoms with Crippen molar-refractivity contribution in [3.8, 4) is 5.75 Å². The molecule has 1 aliphatic heterocycles. The Labute approximate surface area is 116 Å². The predicted molar refractivity (Wildman–Crippen MR) is 74.4 cm³/mol. The highest BCUT2D eigenvalue weighted by atomic mass is 19.1. The Balaban J connectivity index is 2.21. The molecule has 1 aromatic carbocycles. The minimum Gasteiger partial charge on any atom is -0.494 e. The smallest absolute Gasteiger partial charge is 0.201 e. The van der Waals surface area contributed by atoms with Gasteiger partial charge < -0.3 is 19.8 Å². The fourth-order valence-electron chi connectivity index (χ4n) is 2.86. The summed E-state index contributed by atoms with van der Waals surface area (Å²) in [4.78, 5) is 4.27. The van der Waals surface area contributed by atoms with Gasteiger partial charge in [0, 0.05) is 30.9 Å². The van der Waals surface area contributed by atoms with Crippen LogP contribution in [0.1, 0.15) is 19.8 Å². The van der Waals surface area contributed by atoms with Crippen LogP contribution < -0.4 is 10.5 Å². The summed E-state index contributed by atoms with van der Waals surface area (Å²) in [5, 5.41) is 0. The molecular weight excluding hydrogens is 261 g/mol. The molecule has 1 aromatic heterocycles. The Bertz CT molecular complexity index is 647. The van der Waals surface area contributed by atoms with Crippen molar-refractivity contribution in [1.29, 1.82) is 0 Å². The minimum atomic E-state index is -0.429. The van der Waals surface area contributed by atoms with Gasteiger partial charge in [-0.3, -0.25) is 0 Å². The molecule has 0 radical (unpaired) electrons. The third-order valence-electron chi connectivity index (χ3n) is 4.06. The van der Waals surface area contributed by atoms with Crippen molar-refractivity contribution in [2.45, 2.75) is 25.3 Å². The molecule has 0 bridgehead atoms. The zero-order valence-corrected chi connectivity index (χ0v) is 11.6. The van der Waals surface area contributed by atoms with Crippen molar-refractivity contribution >= 4 is 17.0 Å². The van der Waals surface area contributed by atoms with E-state index in [2.05, 4.69) is 11.9 Å². The number of anilines is 1. The molecule has 6 heteroatoms. The van der Waals surface area contributed by atoms with Gasteiger partial charge in [0.1, 0.15) is 0 Å². The number of imidazole rings is 1. The molecule has 2 heterocycles. The molecule has 20 heavy (non-hydrogen) atoms. The van der Waals surface area contributed by atoms with E-state index in [1.807, 2.05) is 4.57 Å². The van der Waals surface area contributed by atoms with Gasteiger partial charge >= 0.3 is 0 Å². The van der Waals surface area contributed by atoms with Crippen LogP contribution in [0, 0.1) is 5.82 Å². The molecular formula is C14H18FN3O2. The fraction of sp³-hybridized carbons (Fsp3) is 0.500. The summed E-state index contributed by atoms with van der Waals surface area (Å²) in [7, 11) is 1.45. The second-order valence-electron chi connectivity index (χ2n) is 5.39. The van der Waals surface area contributed by atoms with Gasteiger partial charge in [0.05, 0.1) is 18.1 Å². The number of nitrogen functional groups attached to an aromatic ring is 1. The zero-order chi connectivity index (χ0) is 14.3. The molecule has 108 valence electrons. The summed E-state index contributed by atoms with van der Waals surface area (Å²) in [6.45, 7) is 3.50. The summed E-state index contributed by atoms with van der Waals surface area (Å²) >= 11 is 0. The maximum absolute atomic E-state index is 13.8. The lowest BCUT2D eigenvalue weighted by atomic mass is 9.92. The molecule has 1 fully saturated rings. The highest BCUT2D eigenvalue weighted by Gasteiger charge is 2.32. The highest BCUT2D eigenvalue weighted by molar-refractivity contribution is 5.80. The Kier molecular flexibility index (Phi) is 3.05. The maximum atomic E-state index is 13.8. The summed E-state index contributed by atoms with van der Waals surface area (Å²) in [6, 6.07) is 3.03. The van der Waals surface area contributed by atoms with Gasteiger partial charge in [-0.1, -0.05) is 0 Å². The summed E-state index contributed by atoms with van der Waals surface area (Å²) < 4.78 is 26.2. The van der Waals surface area contributed by atoms with Gasteiger partial charge in [-0.25, -0.2) is 9.37 Å². The van der Waals surface area contributed by atoms with Crippen molar-refractivity contribution in [1.82, 2.24) is 9.55 Å². The summed E-state index contributed by atoms with van der Waals surface area (Å²) in [6.07, 6.45) is 1.70. The molecule has 0 atom stereocenters. The number of nitrogens with two attached hydrogens (primary N) is 1. The van der Waals surface area contributed by atoms with E-state index in [9.17, 15) is 4.39 Å². The van der Waals surface area contributed by atoms with Gasteiger partial charge in [-0.2, -0.15) is 0 Å². The van der Waals surface area contributed by atoms with Crippen molar-refractivity contribution in [3.05, 3.63) is 17.9 Å². The molecule has 0 aliphatic carbocycles. The number of rotatable bonds is 2. The first-order valence-corrected chi connectivity index (χ1v) is 6.65.